The molecular weight excluding hydrogens is 460 g/mol. The first-order valence-electron chi connectivity index (χ1n) is 7.97. The molecule has 0 amide bonds. The SMILES string of the molecule is CCOCCCn1c(SCc2nnsc2Cl)nc2ccc(Br)cc2c1=O. The van der Waals surface area contributed by atoms with Crippen molar-refractivity contribution in [3.05, 3.63) is 43.1 Å². The van der Waals surface area contributed by atoms with Crippen LogP contribution in [0.4, 0.5) is 0 Å². The Hall–Kier alpha value is -1.00. The van der Waals surface area contributed by atoms with Gasteiger partial charge < -0.3 is 4.74 Å². The largest absolute Gasteiger partial charge is 0.382 e. The lowest BCUT2D eigenvalue weighted by molar-refractivity contribution is 0.140. The molecule has 0 spiro atoms. The molecule has 3 aromatic rings. The molecule has 26 heavy (non-hydrogen) atoms. The fraction of sp³-hybridized carbons (Fsp3) is 0.375. The monoisotopic (exact) mass is 474 g/mol. The van der Waals surface area contributed by atoms with Crippen LogP contribution in [0, 0.1) is 0 Å². The lowest BCUT2D eigenvalue weighted by atomic mass is 10.2. The molecule has 2 heterocycles. The Labute approximate surface area is 172 Å². The Bertz CT molecular complexity index is 963. The normalized spacial score (nSPS) is 11.3. The van der Waals surface area contributed by atoms with Crippen LogP contribution in [-0.4, -0.2) is 32.4 Å². The van der Waals surface area contributed by atoms with E-state index in [1.165, 1.54) is 11.8 Å². The van der Waals surface area contributed by atoms with Crippen LogP contribution >= 0.6 is 50.8 Å². The van der Waals surface area contributed by atoms with E-state index in [0.717, 1.165) is 22.4 Å². The van der Waals surface area contributed by atoms with Gasteiger partial charge in [0.05, 0.1) is 10.9 Å². The van der Waals surface area contributed by atoms with Crippen molar-refractivity contribution in [1.82, 2.24) is 19.1 Å². The van der Waals surface area contributed by atoms with Crippen molar-refractivity contribution in [2.75, 3.05) is 13.2 Å². The second-order valence-electron chi connectivity index (χ2n) is 5.35. The lowest BCUT2D eigenvalue weighted by Gasteiger charge is -2.13. The van der Waals surface area contributed by atoms with Crippen molar-refractivity contribution in [2.24, 2.45) is 0 Å². The Balaban J connectivity index is 1.93. The highest BCUT2D eigenvalue weighted by Crippen LogP contribution is 2.27. The molecule has 0 unspecified atom stereocenters. The molecule has 0 atom stereocenters. The molecule has 3 rings (SSSR count). The van der Waals surface area contributed by atoms with Gasteiger partial charge >= 0.3 is 0 Å². The minimum absolute atomic E-state index is 0.0576. The van der Waals surface area contributed by atoms with Crippen molar-refractivity contribution < 1.29 is 4.74 Å². The number of hydrogen-bond donors (Lipinski definition) is 0. The van der Waals surface area contributed by atoms with Gasteiger partial charge in [-0.1, -0.05) is 43.8 Å². The number of ether oxygens (including phenoxy) is 1. The van der Waals surface area contributed by atoms with Gasteiger partial charge in [-0.2, -0.15) is 0 Å². The van der Waals surface area contributed by atoms with Crippen LogP contribution in [0.5, 0.6) is 0 Å². The van der Waals surface area contributed by atoms with Crippen LogP contribution in [0.1, 0.15) is 19.0 Å². The molecule has 0 saturated heterocycles. The van der Waals surface area contributed by atoms with Gasteiger partial charge in [0.2, 0.25) is 0 Å². The third-order valence-corrected chi connectivity index (χ3v) is 6.07. The molecule has 0 aliphatic rings. The quantitative estimate of drug-likeness (QED) is 0.273. The summed E-state index contributed by atoms with van der Waals surface area (Å²) in [7, 11) is 0. The maximum absolute atomic E-state index is 13.0. The van der Waals surface area contributed by atoms with Crippen LogP contribution < -0.4 is 5.56 Å². The summed E-state index contributed by atoms with van der Waals surface area (Å²) in [5.74, 6) is 0.509. The maximum Gasteiger partial charge on any atom is 0.262 e. The molecule has 0 aliphatic carbocycles. The van der Waals surface area contributed by atoms with Crippen LogP contribution in [0.15, 0.2) is 32.6 Å². The molecule has 10 heteroatoms. The van der Waals surface area contributed by atoms with Gasteiger partial charge in [-0.05, 0) is 31.5 Å². The predicted octanol–water partition coefficient (Wildman–Crippen LogP) is 4.38. The summed E-state index contributed by atoms with van der Waals surface area (Å²) in [6.45, 7) is 3.76. The standard InChI is InChI=1S/C16H16BrClN4O2S2/c1-2-24-7-3-6-22-15(23)11-8-10(17)4-5-12(11)19-16(22)25-9-13-14(18)26-21-20-13/h4-5,8H,2-3,6-7,9H2,1H3. The first-order chi connectivity index (χ1) is 12.6. The highest BCUT2D eigenvalue weighted by molar-refractivity contribution is 9.10. The van der Waals surface area contributed by atoms with Gasteiger partial charge in [0.1, 0.15) is 10.0 Å². The minimum Gasteiger partial charge on any atom is -0.382 e. The average molecular weight is 476 g/mol. The number of halogens is 2. The number of nitrogens with zero attached hydrogens (tertiary/aromatic N) is 4. The summed E-state index contributed by atoms with van der Waals surface area (Å²) in [5, 5.41) is 5.25. The second kappa shape index (κ2) is 9.27. The second-order valence-corrected chi connectivity index (χ2v) is 8.56. The number of benzene rings is 1. The molecule has 0 bridgehead atoms. The zero-order valence-corrected chi connectivity index (χ0v) is 17.9. The molecule has 2 aromatic heterocycles. The van der Waals surface area contributed by atoms with E-state index in [0.29, 0.717) is 51.6 Å². The smallest absolute Gasteiger partial charge is 0.262 e. The Kier molecular flexibility index (Phi) is 7.05. The van der Waals surface area contributed by atoms with Gasteiger partial charge in [-0.15, -0.1) is 5.10 Å². The molecule has 0 saturated carbocycles. The highest BCUT2D eigenvalue weighted by atomic mass is 79.9. The molecular formula is C16H16BrClN4O2S2. The highest BCUT2D eigenvalue weighted by Gasteiger charge is 2.14. The van der Waals surface area contributed by atoms with Gasteiger partial charge in [-0.25, -0.2) is 4.98 Å². The van der Waals surface area contributed by atoms with E-state index in [1.807, 2.05) is 19.1 Å². The first kappa shape index (κ1) is 19.8. The summed E-state index contributed by atoms with van der Waals surface area (Å²) in [5.41, 5.74) is 1.31. The van der Waals surface area contributed by atoms with E-state index in [1.54, 1.807) is 10.6 Å². The summed E-state index contributed by atoms with van der Waals surface area (Å²) >= 11 is 12.1. The number of fused-ring (bicyclic) bond motifs is 1. The van der Waals surface area contributed by atoms with Crippen molar-refractivity contribution in [2.45, 2.75) is 30.8 Å². The van der Waals surface area contributed by atoms with E-state index in [4.69, 9.17) is 16.3 Å². The van der Waals surface area contributed by atoms with E-state index < -0.39 is 0 Å². The molecule has 138 valence electrons. The van der Waals surface area contributed by atoms with Crippen molar-refractivity contribution in [1.29, 1.82) is 0 Å². The number of hydrogen-bond acceptors (Lipinski definition) is 7. The zero-order chi connectivity index (χ0) is 18.5. The minimum atomic E-state index is -0.0576. The van der Waals surface area contributed by atoms with Crippen LogP contribution in [0.25, 0.3) is 10.9 Å². The Morgan fingerprint density at radius 3 is 3.00 bits per heavy atom. The molecule has 0 radical (unpaired) electrons. The summed E-state index contributed by atoms with van der Waals surface area (Å²) in [6, 6.07) is 5.52. The molecule has 0 N–H and O–H groups in total. The Morgan fingerprint density at radius 1 is 1.42 bits per heavy atom. The fourth-order valence-corrected chi connectivity index (χ4v) is 4.48. The fourth-order valence-electron chi connectivity index (χ4n) is 2.37. The maximum atomic E-state index is 13.0. The molecule has 1 aromatic carbocycles. The zero-order valence-electron chi connectivity index (χ0n) is 13.9. The summed E-state index contributed by atoms with van der Waals surface area (Å²) < 4.78 is 12.3. The molecule has 0 fully saturated rings. The van der Waals surface area contributed by atoms with E-state index in [-0.39, 0.29) is 5.56 Å². The van der Waals surface area contributed by atoms with E-state index in [2.05, 4.69) is 30.5 Å². The van der Waals surface area contributed by atoms with Crippen molar-refractivity contribution in [3.8, 4) is 0 Å². The lowest BCUT2D eigenvalue weighted by Crippen LogP contribution is -2.24. The number of aromatic nitrogens is 4. The van der Waals surface area contributed by atoms with Crippen LogP contribution in [-0.2, 0) is 17.0 Å². The van der Waals surface area contributed by atoms with Gasteiger partial charge in [0, 0.05) is 41.5 Å². The van der Waals surface area contributed by atoms with Crippen molar-refractivity contribution in [3.63, 3.8) is 0 Å². The predicted molar refractivity (Wildman–Crippen MR) is 109 cm³/mol. The number of rotatable bonds is 8. The average Bonchev–Trinajstić information content (AvgIpc) is 3.04. The van der Waals surface area contributed by atoms with E-state index in [9.17, 15) is 4.79 Å². The van der Waals surface area contributed by atoms with Gasteiger partial charge in [0.15, 0.2) is 5.16 Å². The number of thioether (sulfide) groups is 1. The van der Waals surface area contributed by atoms with Crippen LogP contribution in [0.3, 0.4) is 0 Å². The summed E-state index contributed by atoms with van der Waals surface area (Å²) in [6.07, 6.45) is 0.738. The molecule has 6 nitrogen and oxygen atoms in total. The van der Waals surface area contributed by atoms with Crippen LogP contribution in [0.2, 0.25) is 4.34 Å². The van der Waals surface area contributed by atoms with Gasteiger partial charge in [0.25, 0.3) is 5.56 Å². The topological polar surface area (TPSA) is 69.9 Å². The van der Waals surface area contributed by atoms with E-state index >= 15 is 0 Å². The Morgan fingerprint density at radius 2 is 2.27 bits per heavy atom. The molecule has 0 aliphatic heterocycles. The van der Waals surface area contributed by atoms with Crippen molar-refractivity contribution >= 4 is 61.7 Å². The van der Waals surface area contributed by atoms with Gasteiger partial charge in [-0.3, -0.25) is 9.36 Å². The third-order valence-electron chi connectivity index (χ3n) is 3.60. The summed E-state index contributed by atoms with van der Waals surface area (Å²) in [4.78, 5) is 17.7. The first-order valence-corrected chi connectivity index (χ1v) is 10.9. The third kappa shape index (κ3) is 4.64.